The van der Waals surface area contributed by atoms with Crippen molar-refractivity contribution in [3.63, 3.8) is 0 Å². The Balaban J connectivity index is 1.59. The summed E-state index contributed by atoms with van der Waals surface area (Å²) >= 11 is 1.73. The molecular formula is C16H22N4O2S. The van der Waals surface area contributed by atoms with Crippen molar-refractivity contribution in [3.05, 3.63) is 40.3 Å². The van der Waals surface area contributed by atoms with Crippen LogP contribution in [0.1, 0.15) is 23.7 Å². The zero-order valence-electron chi connectivity index (χ0n) is 13.3. The summed E-state index contributed by atoms with van der Waals surface area (Å²) in [4.78, 5) is 13.9. The van der Waals surface area contributed by atoms with Crippen molar-refractivity contribution >= 4 is 17.2 Å². The Morgan fingerprint density at radius 1 is 1.52 bits per heavy atom. The standard InChI is InChI=1S/C16H22N4O2S/c1-22-11-16(21)17-5-2-14-9-19(8-13-4-7-23-12-13)10-15-3-6-18-20(14)15/h3-4,6-7,12,14H,2,5,8-11H2,1H3,(H,17,21)/t14-/m1/s1. The number of nitrogens with zero attached hydrogens (tertiary/aromatic N) is 3. The normalized spacial score (nSPS) is 17.9. The van der Waals surface area contributed by atoms with E-state index in [1.54, 1.807) is 11.3 Å². The minimum Gasteiger partial charge on any atom is -0.375 e. The number of amides is 1. The van der Waals surface area contributed by atoms with E-state index in [9.17, 15) is 4.79 Å². The average Bonchev–Trinajstić information content (AvgIpc) is 3.18. The first-order valence-electron chi connectivity index (χ1n) is 7.77. The summed E-state index contributed by atoms with van der Waals surface area (Å²) in [5.74, 6) is -0.0703. The number of thiophene rings is 1. The lowest BCUT2D eigenvalue weighted by Crippen LogP contribution is -2.39. The number of hydrogen-bond donors (Lipinski definition) is 1. The fourth-order valence-electron chi connectivity index (χ4n) is 3.00. The number of aromatic nitrogens is 2. The van der Waals surface area contributed by atoms with Crippen molar-refractivity contribution in [3.8, 4) is 0 Å². The quantitative estimate of drug-likeness (QED) is 0.836. The average molecular weight is 334 g/mol. The second kappa shape index (κ2) is 7.72. The molecule has 3 rings (SSSR count). The van der Waals surface area contributed by atoms with Crippen LogP contribution in [-0.2, 0) is 22.6 Å². The first kappa shape index (κ1) is 16.2. The molecule has 124 valence electrons. The highest BCUT2D eigenvalue weighted by Gasteiger charge is 2.25. The molecule has 2 aromatic heterocycles. The molecule has 23 heavy (non-hydrogen) atoms. The van der Waals surface area contributed by atoms with Gasteiger partial charge in [0.1, 0.15) is 6.61 Å². The van der Waals surface area contributed by atoms with Crippen LogP contribution in [0.2, 0.25) is 0 Å². The van der Waals surface area contributed by atoms with Gasteiger partial charge in [-0.05, 0) is 34.9 Å². The second-order valence-electron chi connectivity index (χ2n) is 5.79. The van der Waals surface area contributed by atoms with Crippen LogP contribution >= 0.6 is 11.3 Å². The molecule has 3 heterocycles. The predicted molar refractivity (Wildman–Crippen MR) is 89.2 cm³/mol. The number of methoxy groups -OCH3 is 1. The van der Waals surface area contributed by atoms with Gasteiger partial charge in [0.05, 0.1) is 11.7 Å². The van der Waals surface area contributed by atoms with E-state index in [1.807, 2.05) is 6.20 Å². The van der Waals surface area contributed by atoms with Crippen LogP contribution in [0.4, 0.5) is 0 Å². The Morgan fingerprint density at radius 2 is 2.43 bits per heavy atom. The minimum atomic E-state index is -0.0703. The van der Waals surface area contributed by atoms with E-state index in [2.05, 4.69) is 42.9 Å². The largest absolute Gasteiger partial charge is 0.375 e. The van der Waals surface area contributed by atoms with Crippen molar-refractivity contribution in [1.82, 2.24) is 20.0 Å². The molecule has 7 heteroatoms. The molecule has 0 aliphatic carbocycles. The maximum Gasteiger partial charge on any atom is 0.245 e. The van der Waals surface area contributed by atoms with Crippen LogP contribution in [0.5, 0.6) is 0 Å². The zero-order chi connectivity index (χ0) is 16.1. The number of fused-ring (bicyclic) bond motifs is 1. The predicted octanol–water partition coefficient (Wildman–Crippen LogP) is 1.65. The van der Waals surface area contributed by atoms with Gasteiger partial charge in [-0.15, -0.1) is 0 Å². The van der Waals surface area contributed by atoms with Crippen molar-refractivity contribution in [1.29, 1.82) is 0 Å². The summed E-state index contributed by atoms with van der Waals surface area (Å²) in [6, 6.07) is 4.54. The first-order valence-corrected chi connectivity index (χ1v) is 8.72. The van der Waals surface area contributed by atoms with Crippen LogP contribution in [0, 0.1) is 0 Å². The molecule has 0 saturated heterocycles. The van der Waals surface area contributed by atoms with Crippen LogP contribution in [0.3, 0.4) is 0 Å². The number of ether oxygens (including phenoxy) is 1. The lowest BCUT2D eigenvalue weighted by Gasteiger charge is -2.33. The second-order valence-corrected chi connectivity index (χ2v) is 6.57. The smallest absolute Gasteiger partial charge is 0.245 e. The lowest BCUT2D eigenvalue weighted by molar-refractivity contribution is -0.124. The van der Waals surface area contributed by atoms with E-state index in [0.29, 0.717) is 6.54 Å². The van der Waals surface area contributed by atoms with E-state index in [4.69, 9.17) is 4.74 Å². The Kier molecular flexibility index (Phi) is 5.43. The maximum absolute atomic E-state index is 11.5. The third-order valence-electron chi connectivity index (χ3n) is 4.01. The molecule has 1 N–H and O–H groups in total. The highest BCUT2D eigenvalue weighted by atomic mass is 32.1. The van der Waals surface area contributed by atoms with Gasteiger partial charge in [-0.1, -0.05) is 0 Å². The molecule has 0 spiro atoms. The van der Waals surface area contributed by atoms with E-state index in [-0.39, 0.29) is 18.6 Å². The van der Waals surface area contributed by atoms with Gasteiger partial charge in [0.2, 0.25) is 5.91 Å². The number of carbonyl (C=O) groups excluding carboxylic acids is 1. The Morgan fingerprint density at radius 3 is 3.22 bits per heavy atom. The van der Waals surface area contributed by atoms with Gasteiger partial charge in [0, 0.05) is 39.5 Å². The third kappa shape index (κ3) is 4.19. The summed E-state index contributed by atoms with van der Waals surface area (Å²) in [7, 11) is 1.53. The van der Waals surface area contributed by atoms with Crippen LogP contribution in [0.25, 0.3) is 0 Å². The number of carbonyl (C=O) groups is 1. The molecule has 0 radical (unpaired) electrons. The molecule has 0 aromatic carbocycles. The zero-order valence-corrected chi connectivity index (χ0v) is 14.1. The molecule has 1 aliphatic heterocycles. The van der Waals surface area contributed by atoms with Crippen LogP contribution in [0.15, 0.2) is 29.1 Å². The summed E-state index contributed by atoms with van der Waals surface area (Å²) in [5, 5.41) is 11.7. The van der Waals surface area contributed by atoms with Crippen molar-refractivity contribution in [2.24, 2.45) is 0 Å². The van der Waals surface area contributed by atoms with Gasteiger partial charge < -0.3 is 10.1 Å². The highest BCUT2D eigenvalue weighted by molar-refractivity contribution is 7.07. The van der Waals surface area contributed by atoms with Gasteiger partial charge in [-0.2, -0.15) is 16.4 Å². The fourth-order valence-corrected chi connectivity index (χ4v) is 3.66. The molecule has 0 bridgehead atoms. The van der Waals surface area contributed by atoms with Gasteiger partial charge in [-0.3, -0.25) is 14.4 Å². The number of hydrogen-bond acceptors (Lipinski definition) is 5. The lowest BCUT2D eigenvalue weighted by atomic mass is 10.1. The van der Waals surface area contributed by atoms with Crippen LogP contribution in [-0.4, -0.2) is 47.4 Å². The van der Waals surface area contributed by atoms with Crippen molar-refractivity contribution in [2.45, 2.75) is 25.6 Å². The SMILES string of the molecule is COCC(=O)NCC[C@@H]1CN(Cc2ccsc2)Cc2ccnn21. The number of nitrogens with one attached hydrogen (secondary N) is 1. The van der Waals surface area contributed by atoms with E-state index < -0.39 is 0 Å². The van der Waals surface area contributed by atoms with E-state index in [1.165, 1.54) is 18.4 Å². The molecule has 1 atom stereocenters. The molecule has 1 amide bonds. The Hall–Kier alpha value is -1.70. The summed E-state index contributed by atoms with van der Waals surface area (Å²) < 4.78 is 6.93. The highest BCUT2D eigenvalue weighted by Crippen LogP contribution is 2.24. The van der Waals surface area contributed by atoms with Crippen molar-refractivity contribution in [2.75, 3.05) is 26.8 Å². The molecular weight excluding hydrogens is 312 g/mol. The molecule has 0 unspecified atom stereocenters. The Labute approximate surface area is 140 Å². The Bertz CT molecular complexity index is 626. The third-order valence-corrected chi connectivity index (χ3v) is 4.75. The van der Waals surface area contributed by atoms with Gasteiger partial charge in [0.25, 0.3) is 0 Å². The molecule has 6 nitrogen and oxygen atoms in total. The molecule has 0 fully saturated rings. The first-order chi connectivity index (χ1) is 11.3. The minimum absolute atomic E-state index is 0.0703. The maximum atomic E-state index is 11.5. The summed E-state index contributed by atoms with van der Waals surface area (Å²) in [6.07, 6.45) is 2.73. The van der Waals surface area contributed by atoms with Crippen LogP contribution < -0.4 is 5.32 Å². The summed E-state index contributed by atoms with van der Waals surface area (Å²) in [6.45, 7) is 3.58. The van der Waals surface area contributed by atoms with Gasteiger partial charge in [-0.25, -0.2) is 0 Å². The fraction of sp³-hybridized carbons (Fsp3) is 0.500. The summed E-state index contributed by atoms with van der Waals surface area (Å²) in [5.41, 5.74) is 2.59. The van der Waals surface area contributed by atoms with Crippen molar-refractivity contribution < 1.29 is 9.53 Å². The molecule has 2 aromatic rings. The van der Waals surface area contributed by atoms with E-state index >= 15 is 0 Å². The molecule has 1 aliphatic rings. The van der Waals surface area contributed by atoms with Gasteiger partial charge in [0.15, 0.2) is 0 Å². The topological polar surface area (TPSA) is 59.4 Å². The van der Waals surface area contributed by atoms with E-state index in [0.717, 1.165) is 26.1 Å². The molecule has 0 saturated carbocycles. The number of rotatable bonds is 7. The monoisotopic (exact) mass is 334 g/mol. The van der Waals surface area contributed by atoms with Gasteiger partial charge >= 0.3 is 0 Å².